The van der Waals surface area contributed by atoms with E-state index in [-0.39, 0.29) is 48.0 Å². The van der Waals surface area contributed by atoms with Gasteiger partial charge < -0.3 is 25.8 Å². The van der Waals surface area contributed by atoms with E-state index in [9.17, 15) is 24.0 Å². The maximum absolute atomic E-state index is 13.1. The van der Waals surface area contributed by atoms with Gasteiger partial charge in [-0.1, -0.05) is 24.3 Å². The van der Waals surface area contributed by atoms with E-state index >= 15 is 0 Å². The third kappa shape index (κ3) is 7.99. The lowest BCUT2D eigenvalue weighted by molar-refractivity contribution is -0.129. The fraction of sp³-hybridized carbons (Fsp3) is 0.176. The second kappa shape index (κ2) is 15.9. The lowest BCUT2D eigenvalue weighted by atomic mass is 9.83. The van der Waals surface area contributed by atoms with Crippen molar-refractivity contribution in [3.05, 3.63) is 120 Å². The number of guanidine groups is 1. The van der Waals surface area contributed by atoms with Crippen LogP contribution in [0.4, 0.5) is 11.4 Å². The summed E-state index contributed by atoms with van der Waals surface area (Å²) in [5.74, 6) is -2.05. The lowest BCUT2D eigenvalue weighted by Gasteiger charge is -2.26. The molecule has 0 bridgehead atoms. The number of hydrogen-bond donors (Lipinski definition) is 3. The summed E-state index contributed by atoms with van der Waals surface area (Å²) in [4.78, 5) is 74.2. The standard InChI is InChI=1S/C18H19N5O3.C16H14N2O4/c1-23-16(25)18(22-17(23)19,12-6-8-20-9-7-12)13-4-3-5-14(10-13)21-15(24)11-26-2;1-22-10-14(19)18-13-4-2-3-12(9-13)16(21)15(20)11-5-7-17-8-6-11/h3-10H,11H2,1-2H3,(H2,19,22)(H,21,24);2-9H,10H2,1H3,(H,18,19). The number of rotatable bonds is 11. The first-order chi connectivity index (χ1) is 23.1. The van der Waals surface area contributed by atoms with Crippen LogP contribution < -0.4 is 16.4 Å². The van der Waals surface area contributed by atoms with Gasteiger partial charge in [0, 0.05) is 68.6 Å². The second-order valence-corrected chi connectivity index (χ2v) is 10.3. The maximum Gasteiger partial charge on any atom is 0.266 e. The summed E-state index contributed by atoms with van der Waals surface area (Å²) in [6.45, 7) is -0.152. The third-order valence-electron chi connectivity index (χ3n) is 7.01. The third-order valence-corrected chi connectivity index (χ3v) is 7.01. The Labute approximate surface area is 276 Å². The van der Waals surface area contributed by atoms with Crippen molar-refractivity contribution in [2.24, 2.45) is 10.7 Å². The summed E-state index contributed by atoms with van der Waals surface area (Å²) < 4.78 is 9.53. The first kappa shape index (κ1) is 34.7. The number of nitrogens with two attached hydrogens (primary N) is 1. The molecule has 1 atom stereocenters. The number of Topliss-reactive ketones (excluding diaryl/α,β-unsaturated/α-hetero) is 2. The fourth-order valence-corrected chi connectivity index (χ4v) is 4.76. The number of ether oxygens (including phenoxy) is 2. The SMILES string of the molecule is COCC(=O)Nc1cccc(C(=O)C(=O)c2ccncc2)c1.COCC(=O)Nc1cccc(C2(c3ccncc3)N=C(N)N(C)C2=O)c1. The number of anilines is 2. The van der Waals surface area contributed by atoms with Gasteiger partial charge in [-0.15, -0.1) is 0 Å². The number of amides is 3. The van der Waals surface area contributed by atoms with Gasteiger partial charge in [-0.05, 0) is 59.7 Å². The highest BCUT2D eigenvalue weighted by molar-refractivity contribution is 6.49. The number of methoxy groups -OCH3 is 2. The molecule has 5 rings (SSSR count). The van der Waals surface area contributed by atoms with Crippen LogP contribution in [-0.2, 0) is 29.4 Å². The van der Waals surface area contributed by atoms with Crippen LogP contribution in [0.1, 0.15) is 31.8 Å². The molecule has 48 heavy (non-hydrogen) atoms. The van der Waals surface area contributed by atoms with Gasteiger partial charge in [0.2, 0.25) is 23.4 Å². The molecule has 2 aromatic carbocycles. The van der Waals surface area contributed by atoms with Crippen molar-refractivity contribution in [1.29, 1.82) is 0 Å². The molecule has 14 nitrogen and oxygen atoms in total. The van der Waals surface area contributed by atoms with E-state index in [1.165, 1.54) is 55.8 Å². The minimum Gasteiger partial charge on any atom is -0.375 e. The van der Waals surface area contributed by atoms with Crippen LogP contribution in [0.5, 0.6) is 0 Å². The number of likely N-dealkylation sites (N-methyl/N-ethyl adjacent to an activating group) is 1. The number of pyridine rings is 2. The molecule has 0 spiro atoms. The Morgan fingerprint density at radius 1 is 0.729 bits per heavy atom. The molecule has 1 aliphatic heterocycles. The minimum atomic E-state index is -1.32. The number of ketones is 2. The molecule has 1 unspecified atom stereocenters. The van der Waals surface area contributed by atoms with E-state index in [1.54, 1.807) is 68.0 Å². The average Bonchev–Trinajstić information content (AvgIpc) is 3.33. The van der Waals surface area contributed by atoms with Crippen molar-refractivity contribution in [1.82, 2.24) is 14.9 Å². The molecule has 3 amide bonds. The Balaban J connectivity index is 0.000000220. The molecule has 1 aliphatic rings. The zero-order valence-corrected chi connectivity index (χ0v) is 26.4. The van der Waals surface area contributed by atoms with Crippen molar-refractivity contribution in [2.45, 2.75) is 5.54 Å². The lowest BCUT2D eigenvalue weighted by Crippen LogP contribution is -2.41. The number of aliphatic imine (C=N–C) groups is 1. The van der Waals surface area contributed by atoms with Gasteiger partial charge in [0.25, 0.3) is 5.91 Å². The number of carbonyl (C=O) groups excluding carboxylic acids is 5. The number of hydrogen-bond acceptors (Lipinski definition) is 11. The number of nitrogens with zero attached hydrogens (tertiary/aromatic N) is 4. The van der Waals surface area contributed by atoms with Crippen molar-refractivity contribution in [2.75, 3.05) is 45.1 Å². The number of aromatic nitrogens is 2. The van der Waals surface area contributed by atoms with E-state index in [1.807, 2.05) is 0 Å². The average molecular weight is 652 g/mol. The smallest absolute Gasteiger partial charge is 0.266 e. The first-order valence-electron chi connectivity index (χ1n) is 14.4. The molecule has 4 aromatic rings. The summed E-state index contributed by atoms with van der Waals surface area (Å²) in [7, 11) is 4.43. The Morgan fingerprint density at radius 3 is 1.79 bits per heavy atom. The maximum atomic E-state index is 13.1. The summed E-state index contributed by atoms with van der Waals surface area (Å²) in [6, 6.07) is 19.6. The molecular formula is C34H33N7O7. The molecule has 14 heteroatoms. The predicted molar refractivity (Wildman–Crippen MR) is 176 cm³/mol. The Hall–Kier alpha value is -6.12. The van der Waals surface area contributed by atoms with E-state index in [2.05, 4.69) is 25.6 Å². The van der Waals surface area contributed by atoms with Crippen molar-refractivity contribution < 1.29 is 33.4 Å². The van der Waals surface area contributed by atoms with Gasteiger partial charge in [-0.25, -0.2) is 4.99 Å². The molecule has 4 N–H and O–H groups in total. The van der Waals surface area contributed by atoms with E-state index in [4.69, 9.17) is 15.2 Å². The molecule has 0 aliphatic carbocycles. The van der Waals surface area contributed by atoms with Crippen LogP contribution in [0.15, 0.2) is 103 Å². The molecule has 0 saturated carbocycles. The monoisotopic (exact) mass is 651 g/mol. The zero-order chi connectivity index (χ0) is 34.7. The number of nitrogens with one attached hydrogen (secondary N) is 2. The summed E-state index contributed by atoms with van der Waals surface area (Å²) in [5, 5.41) is 5.31. The quantitative estimate of drug-likeness (QED) is 0.160. The summed E-state index contributed by atoms with van der Waals surface area (Å²) in [6.07, 6.45) is 6.08. The number of benzene rings is 2. The van der Waals surface area contributed by atoms with Gasteiger partial charge in [-0.3, -0.25) is 38.8 Å². The van der Waals surface area contributed by atoms with Crippen LogP contribution in [0, 0.1) is 0 Å². The van der Waals surface area contributed by atoms with Gasteiger partial charge >= 0.3 is 0 Å². The largest absolute Gasteiger partial charge is 0.375 e. The van der Waals surface area contributed by atoms with Gasteiger partial charge in [0.15, 0.2) is 11.5 Å². The Bertz CT molecular complexity index is 1830. The van der Waals surface area contributed by atoms with E-state index in [0.29, 0.717) is 22.5 Å². The minimum absolute atomic E-state index is 0.0630. The highest BCUT2D eigenvalue weighted by Gasteiger charge is 2.49. The topological polar surface area (TPSA) is 195 Å². The molecule has 0 fully saturated rings. The Kier molecular flexibility index (Phi) is 11.5. The van der Waals surface area contributed by atoms with Gasteiger partial charge in [0.05, 0.1) is 0 Å². The van der Waals surface area contributed by atoms with Crippen molar-refractivity contribution >= 4 is 46.6 Å². The molecule has 0 radical (unpaired) electrons. The van der Waals surface area contributed by atoms with E-state index in [0.717, 1.165) is 0 Å². The molecule has 0 saturated heterocycles. The van der Waals surface area contributed by atoms with Crippen molar-refractivity contribution in [3.63, 3.8) is 0 Å². The van der Waals surface area contributed by atoms with E-state index < -0.39 is 17.1 Å². The Morgan fingerprint density at radius 2 is 1.25 bits per heavy atom. The fourth-order valence-electron chi connectivity index (χ4n) is 4.76. The van der Waals surface area contributed by atoms with Crippen LogP contribution >= 0.6 is 0 Å². The first-order valence-corrected chi connectivity index (χ1v) is 14.4. The highest BCUT2D eigenvalue weighted by atomic mass is 16.5. The van der Waals surface area contributed by atoms with Gasteiger partial charge in [-0.2, -0.15) is 0 Å². The normalized spacial score (nSPS) is 15.1. The molecular weight excluding hydrogens is 618 g/mol. The van der Waals surface area contributed by atoms with Crippen molar-refractivity contribution in [3.8, 4) is 0 Å². The van der Waals surface area contributed by atoms with Crippen LogP contribution in [0.25, 0.3) is 0 Å². The summed E-state index contributed by atoms with van der Waals surface area (Å²) >= 11 is 0. The highest BCUT2D eigenvalue weighted by Crippen LogP contribution is 2.39. The van der Waals surface area contributed by atoms with Crippen LogP contribution in [0.3, 0.4) is 0 Å². The number of carbonyl (C=O) groups is 5. The zero-order valence-electron chi connectivity index (χ0n) is 26.4. The van der Waals surface area contributed by atoms with Crippen LogP contribution in [0.2, 0.25) is 0 Å². The van der Waals surface area contributed by atoms with Crippen LogP contribution in [-0.4, -0.2) is 84.6 Å². The van der Waals surface area contributed by atoms with Gasteiger partial charge in [0.1, 0.15) is 13.2 Å². The summed E-state index contributed by atoms with van der Waals surface area (Å²) in [5.41, 5.74) is 7.29. The predicted octanol–water partition coefficient (Wildman–Crippen LogP) is 2.43. The molecule has 246 valence electrons. The molecule has 3 heterocycles. The second-order valence-electron chi connectivity index (χ2n) is 10.3. The molecule has 2 aromatic heterocycles.